The summed E-state index contributed by atoms with van der Waals surface area (Å²) >= 11 is 0. The van der Waals surface area contributed by atoms with Crippen LogP contribution in [-0.2, 0) is 4.79 Å². The fraction of sp³-hybridized carbons (Fsp3) is 0.333. The van der Waals surface area contributed by atoms with E-state index in [9.17, 15) is 0 Å². The summed E-state index contributed by atoms with van der Waals surface area (Å²) in [6.07, 6.45) is 0. The second kappa shape index (κ2) is 10.1. The molecule has 56 valence electrons. The monoisotopic (exact) mass is 153 g/mol. The smallest absolute Gasteiger partial charge is 0.300 e. The minimum atomic E-state index is -0.833. The molecule has 0 atom stereocenters. The quantitative estimate of drug-likeness (QED) is 0.265. The Hall–Kier alpha value is -0.910. The number of rotatable bonds is 0. The van der Waals surface area contributed by atoms with Crippen LogP contribution in [0.1, 0.15) is 6.92 Å². The van der Waals surface area contributed by atoms with Gasteiger partial charge < -0.3 is 16.6 Å². The topological polar surface area (TPSA) is 113 Å². The largest absolute Gasteiger partial charge is 0.481 e. The van der Waals surface area contributed by atoms with E-state index in [0.29, 0.717) is 0 Å². The van der Waals surface area contributed by atoms with Crippen LogP contribution in [-0.4, -0.2) is 17.0 Å². The molecule has 9 heavy (non-hydrogen) atoms. The van der Waals surface area contributed by atoms with Crippen LogP contribution in [0.25, 0.3) is 0 Å². The summed E-state index contributed by atoms with van der Waals surface area (Å²) in [6.45, 7) is 1.08. The Kier molecular flexibility index (Phi) is 17.7. The van der Waals surface area contributed by atoms with E-state index < -0.39 is 5.97 Å². The first-order valence-corrected chi connectivity index (χ1v) is 1.76. The number of hydrogen-bond donors (Lipinski definition) is 4. The summed E-state index contributed by atoms with van der Waals surface area (Å²) in [5.74, 6) is -1.17. The first kappa shape index (κ1) is 15.7. The maximum Gasteiger partial charge on any atom is 0.300 e. The van der Waals surface area contributed by atoms with Gasteiger partial charge in [-0.2, -0.15) is 13.5 Å². The Morgan fingerprint density at radius 1 is 1.56 bits per heavy atom. The molecular formula is C3H11N3O2S. The summed E-state index contributed by atoms with van der Waals surface area (Å²) in [4.78, 5) is 9.00. The Bertz CT molecular complexity index is 75.1. The second-order valence-corrected chi connectivity index (χ2v) is 0.974. The number of aliphatic carboxylic acids is 1. The molecule has 0 heterocycles. The van der Waals surface area contributed by atoms with Gasteiger partial charge in [0.15, 0.2) is 5.96 Å². The molecule has 0 aliphatic heterocycles. The van der Waals surface area contributed by atoms with Crippen LogP contribution in [0, 0.1) is 5.41 Å². The summed E-state index contributed by atoms with van der Waals surface area (Å²) < 4.78 is 0. The molecule has 0 bridgehead atoms. The van der Waals surface area contributed by atoms with Gasteiger partial charge in [0, 0.05) is 6.92 Å². The van der Waals surface area contributed by atoms with Crippen molar-refractivity contribution in [3.05, 3.63) is 0 Å². The highest BCUT2D eigenvalue weighted by Gasteiger charge is 1.65. The van der Waals surface area contributed by atoms with Crippen molar-refractivity contribution in [1.82, 2.24) is 0 Å². The van der Waals surface area contributed by atoms with Crippen LogP contribution < -0.4 is 11.5 Å². The SMILES string of the molecule is CC(=O)O.N=C(N)N.S. The highest BCUT2D eigenvalue weighted by Crippen LogP contribution is 1.42. The molecule has 0 saturated heterocycles. The molecule has 0 radical (unpaired) electrons. The van der Waals surface area contributed by atoms with Gasteiger partial charge in [-0.05, 0) is 0 Å². The average Bonchev–Trinajstić information content (AvgIpc) is 1.25. The molecule has 0 rings (SSSR count). The predicted molar refractivity (Wildman–Crippen MR) is 39.8 cm³/mol. The van der Waals surface area contributed by atoms with Gasteiger partial charge in [-0.3, -0.25) is 10.2 Å². The maximum atomic E-state index is 9.00. The number of nitrogens with one attached hydrogen (secondary N) is 1. The summed E-state index contributed by atoms with van der Waals surface area (Å²) in [5.41, 5.74) is 8.94. The second-order valence-electron chi connectivity index (χ2n) is 0.974. The Labute approximate surface area is 60.0 Å². The molecule has 0 unspecified atom stereocenters. The van der Waals surface area contributed by atoms with Crippen molar-refractivity contribution >= 4 is 25.4 Å². The summed E-state index contributed by atoms with van der Waals surface area (Å²) in [5, 5.41) is 13.5. The third-order valence-electron chi connectivity index (χ3n) is 0. The minimum absolute atomic E-state index is 0. The lowest BCUT2D eigenvalue weighted by Crippen LogP contribution is -2.20. The molecule has 0 aliphatic carbocycles. The molecule has 0 fully saturated rings. The van der Waals surface area contributed by atoms with Gasteiger partial charge in [0.2, 0.25) is 0 Å². The lowest BCUT2D eigenvalue weighted by Gasteiger charge is -1.69. The number of nitrogens with two attached hydrogens (primary N) is 2. The van der Waals surface area contributed by atoms with Crippen molar-refractivity contribution in [3.63, 3.8) is 0 Å². The van der Waals surface area contributed by atoms with Gasteiger partial charge in [-0.25, -0.2) is 0 Å². The lowest BCUT2D eigenvalue weighted by atomic mass is 10.9. The highest BCUT2D eigenvalue weighted by molar-refractivity contribution is 7.59. The molecule has 0 saturated carbocycles. The number of carbonyl (C=O) groups is 1. The zero-order valence-electron chi connectivity index (χ0n) is 5.01. The Morgan fingerprint density at radius 3 is 1.56 bits per heavy atom. The van der Waals surface area contributed by atoms with E-state index in [1.54, 1.807) is 0 Å². The fourth-order valence-corrected chi connectivity index (χ4v) is 0. The maximum absolute atomic E-state index is 9.00. The van der Waals surface area contributed by atoms with E-state index in [-0.39, 0.29) is 19.5 Å². The zero-order valence-corrected chi connectivity index (χ0v) is 6.01. The van der Waals surface area contributed by atoms with Crippen molar-refractivity contribution < 1.29 is 9.90 Å². The van der Waals surface area contributed by atoms with Gasteiger partial charge in [0.25, 0.3) is 5.97 Å². The van der Waals surface area contributed by atoms with Crippen LogP contribution in [0.15, 0.2) is 0 Å². The van der Waals surface area contributed by atoms with Crippen LogP contribution in [0.5, 0.6) is 0 Å². The molecule has 0 aromatic carbocycles. The molecule has 0 aromatic heterocycles. The minimum Gasteiger partial charge on any atom is -0.481 e. The van der Waals surface area contributed by atoms with Gasteiger partial charge in [-0.15, -0.1) is 0 Å². The summed E-state index contributed by atoms with van der Waals surface area (Å²) in [6, 6.07) is 0. The average molecular weight is 153 g/mol. The Morgan fingerprint density at radius 2 is 1.56 bits per heavy atom. The van der Waals surface area contributed by atoms with Gasteiger partial charge in [0.1, 0.15) is 0 Å². The standard InChI is InChI=1S/C2H4O2.CH5N3.H2S/c1-2(3)4;2-1(3)4;/h1H3,(H,3,4);(H5,2,3,4);1H2. The number of carboxylic acid groups (broad SMARTS) is 1. The van der Waals surface area contributed by atoms with E-state index in [4.69, 9.17) is 15.3 Å². The van der Waals surface area contributed by atoms with Crippen LogP contribution >= 0.6 is 13.5 Å². The van der Waals surface area contributed by atoms with Crippen molar-refractivity contribution in [1.29, 1.82) is 5.41 Å². The molecule has 0 aromatic rings. The van der Waals surface area contributed by atoms with E-state index in [1.165, 1.54) is 0 Å². The first-order valence-electron chi connectivity index (χ1n) is 1.76. The van der Waals surface area contributed by atoms with E-state index >= 15 is 0 Å². The van der Waals surface area contributed by atoms with Crippen molar-refractivity contribution in [2.75, 3.05) is 0 Å². The molecule has 6 N–H and O–H groups in total. The summed E-state index contributed by atoms with van der Waals surface area (Å²) in [7, 11) is 0. The molecule has 6 heteroatoms. The molecule has 0 amide bonds. The van der Waals surface area contributed by atoms with Gasteiger partial charge in [0.05, 0.1) is 0 Å². The van der Waals surface area contributed by atoms with Crippen LogP contribution in [0.2, 0.25) is 0 Å². The van der Waals surface area contributed by atoms with Crippen LogP contribution in [0.3, 0.4) is 0 Å². The normalized spacial score (nSPS) is 5.44. The van der Waals surface area contributed by atoms with E-state index in [1.807, 2.05) is 0 Å². The molecular weight excluding hydrogens is 142 g/mol. The lowest BCUT2D eigenvalue weighted by molar-refractivity contribution is -0.134. The van der Waals surface area contributed by atoms with Gasteiger partial charge in [-0.1, -0.05) is 0 Å². The molecule has 0 spiro atoms. The Balaban J connectivity index is -0.0000000720. The number of hydrogen-bond acceptors (Lipinski definition) is 2. The van der Waals surface area contributed by atoms with E-state index in [0.717, 1.165) is 6.92 Å². The van der Waals surface area contributed by atoms with Crippen LogP contribution in [0.4, 0.5) is 0 Å². The van der Waals surface area contributed by atoms with Crippen molar-refractivity contribution in [2.45, 2.75) is 6.92 Å². The highest BCUT2D eigenvalue weighted by atomic mass is 32.1. The molecule has 0 aliphatic rings. The van der Waals surface area contributed by atoms with Gasteiger partial charge >= 0.3 is 0 Å². The first-order chi connectivity index (χ1) is 3.46. The predicted octanol–water partition coefficient (Wildman–Crippen LogP) is -0.958. The number of carboxylic acids is 1. The zero-order chi connectivity index (χ0) is 7.15. The molecule has 5 nitrogen and oxygen atoms in total. The fourth-order valence-electron chi connectivity index (χ4n) is 0. The van der Waals surface area contributed by atoms with Crippen molar-refractivity contribution in [3.8, 4) is 0 Å². The van der Waals surface area contributed by atoms with E-state index in [2.05, 4.69) is 11.5 Å². The van der Waals surface area contributed by atoms with Crippen molar-refractivity contribution in [2.24, 2.45) is 11.5 Å². The third-order valence-corrected chi connectivity index (χ3v) is 0. The number of guanidine groups is 1. The third kappa shape index (κ3) is 222.